The number of guanidine groups is 1. The third-order valence-electron chi connectivity index (χ3n) is 3.05. The number of rotatable bonds is 6. The lowest BCUT2D eigenvalue weighted by Gasteiger charge is -2.13. The maximum Gasteiger partial charge on any atom is 0.419 e. The lowest BCUT2D eigenvalue weighted by Crippen LogP contribution is -2.38. The molecule has 5 nitrogen and oxygen atoms in total. The van der Waals surface area contributed by atoms with Crippen LogP contribution in [0, 0.1) is 0 Å². The zero-order valence-corrected chi connectivity index (χ0v) is 15.1. The molecule has 9 heteroatoms. The molecule has 1 aromatic heterocycles. The van der Waals surface area contributed by atoms with Crippen LogP contribution in [0.5, 0.6) is 0 Å². The third kappa shape index (κ3) is 6.80. The highest BCUT2D eigenvalue weighted by Gasteiger charge is 2.33. The number of halogens is 4. The highest BCUT2D eigenvalue weighted by molar-refractivity contribution is 14.0. The minimum absolute atomic E-state index is 0. The zero-order valence-electron chi connectivity index (χ0n) is 12.8. The molecular weight excluding hydrogens is 422 g/mol. The van der Waals surface area contributed by atoms with Gasteiger partial charge in [0.15, 0.2) is 5.96 Å². The molecule has 130 valence electrons. The van der Waals surface area contributed by atoms with E-state index < -0.39 is 11.7 Å². The molecule has 3 N–H and O–H groups in total. The monoisotopic (exact) mass is 443 g/mol. The molecule has 1 fully saturated rings. The van der Waals surface area contributed by atoms with Gasteiger partial charge in [-0.05, 0) is 31.9 Å². The van der Waals surface area contributed by atoms with Crippen molar-refractivity contribution < 1.29 is 13.2 Å². The Labute approximate surface area is 150 Å². The molecule has 0 spiro atoms. The van der Waals surface area contributed by atoms with E-state index in [-0.39, 0.29) is 36.3 Å². The molecule has 0 radical (unpaired) electrons. The number of alkyl halides is 3. The molecule has 0 bridgehead atoms. The summed E-state index contributed by atoms with van der Waals surface area (Å²) >= 11 is 0. The largest absolute Gasteiger partial charge is 0.419 e. The minimum atomic E-state index is -4.41. The van der Waals surface area contributed by atoms with Crippen LogP contribution in [-0.4, -0.2) is 36.6 Å². The summed E-state index contributed by atoms with van der Waals surface area (Å²) in [5.41, 5.74) is -0.762. The van der Waals surface area contributed by atoms with Crippen LogP contribution in [-0.2, 0) is 6.18 Å². The maximum absolute atomic E-state index is 12.8. The van der Waals surface area contributed by atoms with Gasteiger partial charge in [-0.1, -0.05) is 0 Å². The number of nitrogens with zero attached hydrogens (tertiary/aromatic N) is 2. The van der Waals surface area contributed by atoms with E-state index in [9.17, 15) is 13.2 Å². The maximum atomic E-state index is 12.8. The molecule has 1 aliphatic rings. The van der Waals surface area contributed by atoms with E-state index in [0.29, 0.717) is 18.5 Å². The summed E-state index contributed by atoms with van der Waals surface area (Å²) < 4.78 is 38.4. The van der Waals surface area contributed by atoms with Gasteiger partial charge in [0.2, 0.25) is 0 Å². The first-order valence-electron chi connectivity index (χ1n) is 7.31. The van der Waals surface area contributed by atoms with E-state index in [1.807, 2.05) is 6.92 Å². The van der Waals surface area contributed by atoms with Crippen molar-refractivity contribution in [2.24, 2.45) is 4.99 Å². The summed E-state index contributed by atoms with van der Waals surface area (Å²) in [5, 5.41) is 9.04. The Bertz CT molecular complexity index is 517. The molecule has 0 aromatic carbocycles. The Morgan fingerprint density at radius 1 is 1.39 bits per heavy atom. The molecule has 1 aromatic rings. The van der Waals surface area contributed by atoms with Gasteiger partial charge < -0.3 is 16.0 Å². The lowest BCUT2D eigenvalue weighted by molar-refractivity contribution is -0.137. The van der Waals surface area contributed by atoms with Crippen molar-refractivity contribution in [3.05, 3.63) is 23.9 Å². The number of anilines is 1. The van der Waals surface area contributed by atoms with Crippen LogP contribution < -0.4 is 16.0 Å². The fourth-order valence-corrected chi connectivity index (χ4v) is 1.86. The van der Waals surface area contributed by atoms with Crippen LogP contribution in [0.1, 0.15) is 25.3 Å². The topological polar surface area (TPSA) is 61.3 Å². The molecule has 0 amide bonds. The normalized spacial score (nSPS) is 14.9. The Hall–Kier alpha value is -1.26. The van der Waals surface area contributed by atoms with E-state index in [4.69, 9.17) is 0 Å². The van der Waals surface area contributed by atoms with Crippen LogP contribution in [0.2, 0.25) is 0 Å². The molecule has 23 heavy (non-hydrogen) atoms. The van der Waals surface area contributed by atoms with Crippen molar-refractivity contribution in [1.82, 2.24) is 15.6 Å². The minimum Gasteiger partial charge on any atom is -0.368 e. The predicted molar refractivity (Wildman–Crippen MR) is 95.3 cm³/mol. The molecule has 2 rings (SSSR count). The molecule has 1 saturated carbocycles. The first-order valence-corrected chi connectivity index (χ1v) is 7.31. The summed E-state index contributed by atoms with van der Waals surface area (Å²) in [4.78, 5) is 8.07. The highest BCUT2D eigenvalue weighted by atomic mass is 127. The van der Waals surface area contributed by atoms with Gasteiger partial charge in [-0.15, -0.1) is 24.0 Å². The van der Waals surface area contributed by atoms with Gasteiger partial charge in [0.25, 0.3) is 0 Å². The lowest BCUT2D eigenvalue weighted by atomic mass is 10.2. The summed E-state index contributed by atoms with van der Waals surface area (Å²) in [6.07, 6.45) is -0.820. The average Bonchev–Trinajstić information content (AvgIpc) is 3.27. The Morgan fingerprint density at radius 3 is 2.74 bits per heavy atom. The molecule has 0 saturated heterocycles. The quantitative estimate of drug-likeness (QED) is 0.274. The van der Waals surface area contributed by atoms with Crippen LogP contribution in [0.15, 0.2) is 23.3 Å². The summed E-state index contributed by atoms with van der Waals surface area (Å²) in [7, 11) is 0. The van der Waals surface area contributed by atoms with E-state index in [0.717, 1.165) is 25.5 Å². The van der Waals surface area contributed by atoms with Gasteiger partial charge in [-0.2, -0.15) is 13.2 Å². The van der Waals surface area contributed by atoms with Crippen LogP contribution in [0.25, 0.3) is 0 Å². The number of pyridine rings is 1. The van der Waals surface area contributed by atoms with E-state index in [1.165, 1.54) is 12.3 Å². The first-order chi connectivity index (χ1) is 10.5. The predicted octanol–water partition coefficient (Wildman–Crippen LogP) is 2.85. The Balaban J connectivity index is 0.00000264. The third-order valence-corrected chi connectivity index (χ3v) is 3.05. The van der Waals surface area contributed by atoms with E-state index in [2.05, 4.69) is 25.9 Å². The number of aromatic nitrogens is 1. The van der Waals surface area contributed by atoms with Crippen molar-refractivity contribution in [3.63, 3.8) is 0 Å². The molecule has 1 heterocycles. The van der Waals surface area contributed by atoms with E-state index in [1.54, 1.807) is 0 Å². The van der Waals surface area contributed by atoms with Gasteiger partial charge in [0.1, 0.15) is 5.82 Å². The second-order valence-corrected chi connectivity index (χ2v) is 5.00. The van der Waals surface area contributed by atoms with Crippen molar-refractivity contribution >= 4 is 35.8 Å². The smallest absolute Gasteiger partial charge is 0.368 e. The second-order valence-electron chi connectivity index (χ2n) is 5.00. The molecule has 0 aliphatic heterocycles. The van der Waals surface area contributed by atoms with Crippen molar-refractivity contribution in [1.29, 1.82) is 0 Å². The number of hydrogen-bond donors (Lipinski definition) is 3. The SMILES string of the molecule is CCNC(=NCCNc1ncccc1C(F)(F)F)NC1CC1.I. The average molecular weight is 443 g/mol. The summed E-state index contributed by atoms with van der Waals surface area (Å²) in [6.45, 7) is 3.34. The van der Waals surface area contributed by atoms with Crippen molar-refractivity contribution in [2.45, 2.75) is 32.0 Å². The van der Waals surface area contributed by atoms with Gasteiger partial charge in [-0.25, -0.2) is 4.98 Å². The van der Waals surface area contributed by atoms with E-state index >= 15 is 0 Å². The van der Waals surface area contributed by atoms with Gasteiger partial charge >= 0.3 is 6.18 Å². The van der Waals surface area contributed by atoms with Gasteiger partial charge in [0.05, 0.1) is 12.1 Å². The second kappa shape index (κ2) is 9.14. The van der Waals surface area contributed by atoms with Crippen LogP contribution in [0.3, 0.4) is 0 Å². The first kappa shape index (κ1) is 19.8. The highest BCUT2D eigenvalue weighted by Crippen LogP contribution is 2.33. The van der Waals surface area contributed by atoms with Crippen LogP contribution in [0.4, 0.5) is 19.0 Å². The number of aliphatic imine (C=N–C) groups is 1. The molecule has 1 aliphatic carbocycles. The fraction of sp³-hybridized carbons (Fsp3) is 0.571. The Kier molecular flexibility index (Phi) is 7.86. The Morgan fingerprint density at radius 2 is 2.13 bits per heavy atom. The molecular formula is C14H21F3IN5. The standard InChI is InChI=1S/C14H20F3N5.HI/c1-2-18-13(22-10-5-6-10)21-9-8-20-12-11(14(15,16)17)4-3-7-19-12;/h3-4,7,10H,2,5-6,8-9H2,1H3,(H,19,20)(H2,18,21,22);1H. The molecule has 0 unspecified atom stereocenters. The molecule has 0 atom stereocenters. The van der Waals surface area contributed by atoms with Gasteiger partial charge in [0, 0.05) is 25.3 Å². The fourth-order valence-electron chi connectivity index (χ4n) is 1.86. The summed E-state index contributed by atoms with van der Waals surface area (Å²) in [5.74, 6) is 0.536. The summed E-state index contributed by atoms with van der Waals surface area (Å²) in [6, 6.07) is 2.75. The number of hydrogen-bond acceptors (Lipinski definition) is 3. The van der Waals surface area contributed by atoms with Gasteiger partial charge in [-0.3, -0.25) is 4.99 Å². The van der Waals surface area contributed by atoms with Crippen molar-refractivity contribution in [2.75, 3.05) is 25.0 Å². The van der Waals surface area contributed by atoms with Crippen LogP contribution >= 0.6 is 24.0 Å². The zero-order chi connectivity index (χ0) is 16.0. The van der Waals surface area contributed by atoms with Crippen molar-refractivity contribution in [3.8, 4) is 0 Å². The number of nitrogens with one attached hydrogen (secondary N) is 3.